The highest BCUT2D eigenvalue weighted by Crippen LogP contribution is 2.20. The van der Waals surface area contributed by atoms with Gasteiger partial charge in [-0.15, -0.1) is 0 Å². The van der Waals surface area contributed by atoms with Crippen LogP contribution >= 0.6 is 23.4 Å². The normalized spacial score (nSPS) is 15.0. The molecule has 138 valence electrons. The van der Waals surface area contributed by atoms with E-state index >= 15 is 0 Å². The first-order valence-corrected chi connectivity index (χ1v) is 9.92. The zero-order valence-corrected chi connectivity index (χ0v) is 16.6. The maximum atomic E-state index is 6.00. The monoisotopic (exact) mass is 390 g/mol. The first-order chi connectivity index (χ1) is 12.7. The van der Waals surface area contributed by atoms with Crippen LogP contribution in [0.2, 0.25) is 5.02 Å². The highest BCUT2D eigenvalue weighted by Gasteiger charge is 2.21. The minimum absolute atomic E-state index is 0.636. The Balaban J connectivity index is 1.68. The van der Waals surface area contributed by atoms with Crippen molar-refractivity contribution in [3.63, 3.8) is 0 Å². The molecule has 2 aromatic rings. The third kappa shape index (κ3) is 5.13. The summed E-state index contributed by atoms with van der Waals surface area (Å²) in [6.07, 6.45) is 1.86. The largest absolute Gasteiger partial charge is 0.481 e. The summed E-state index contributed by atoms with van der Waals surface area (Å²) in [5, 5.41) is 1.87. The molecule has 0 unspecified atom stereocenters. The molecule has 5 nitrogen and oxygen atoms in total. The van der Waals surface area contributed by atoms with Crippen molar-refractivity contribution in [1.82, 2.24) is 14.8 Å². The predicted octanol–water partition coefficient (Wildman–Crippen LogP) is 4.09. The van der Waals surface area contributed by atoms with Gasteiger partial charge in [-0.2, -0.15) is 0 Å². The summed E-state index contributed by atoms with van der Waals surface area (Å²) in [6, 6.07) is 12.0. The summed E-state index contributed by atoms with van der Waals surface area (Å²) in [6.45, 7) is 5.32. The second kappa shape index (κ2) is 9.26. The number of amidine groups is 1. The first kappa shape index (κ1) is 19.0. The maximum absolute atomic E-state index is 6.00. The number of aliphatic imine (C=N–C) groups is 1. The molecular weight excluding hydrogens is 368 g/mol. The molecule has 0 bridgehead atoms. The molecule has 0 saturated heterocycles. The number of nitrogens with zero attached hydrogens (tertiary/aromatic N) is 4. The van der Waals surface area contributed by atoms with E-state index in [1.54, 1.807) is 18.9 Å². The molecule has 1 aliphatic heterocycles. The zero-order valence-electron chi connectivity index (χ0n) is 15.1. The Morgan fingerprint density at radius 2 is 1.88 bits per heavy atom. The molecular formula is C19H23ClN4OS. The van der Waals surface area contributed by atoms with Crippen molar-refractivity contribution in [3.05, 3.63) is 58.7 Å². The second-order valence-electron chi connectivity index (χ2n) is 6.02. The highest BCUT2D eigenvalue weighted by atomic mass is 35.5. The molecule has 0 radical (unpaired) electrons. The molecule has 1 aliphatic rings. The van der Waals surface area contributed by atoms with Crippen LogP contribution in [0.25, 0.3) is 0 Å². The van der Waals surface area contributed by atoms with Crippen LogP contribution in [-0.2, 0) is 13.1 Å². The smallest absolute Gasteiger partial charge is 0.212 e. The Bertz CT molecular complexity index is 736. The number of methoxy groups -OCH3 is 1. The summed E-state index contributed by atoms with van der Waals surface area (Å²) < 4.78 is 5.12. The van der Waals surface area contributed by atoms with E-state index < -0.39 is 0 Å². The molecule has 3 rings (SSSR count). The Morgan fingerprint density at radius 1 is 1.12 bits per heavy atom. The lowest BCUT2D eigenvalue weighted by molar-refractivity contribution is 0.164. The second-order valence-corrected chi connectivity index (χ2v) is 7.69. The van der Waals surface area contributed by atoms with E-state index in [0.29, 0.717) is 12.5 Å². The summed E-state index contributed by atoms with van der Waals surface area (Å²) >= 11 is 7.79. The van der Waals surface area contributed by atoms with Gasteiger partial charge in [0.1, 0.15) is 0 Å². The van der Waals surface area contributed by atoms with Crippen molar-refractivity contribution in [2.45, 2.75) is 20.0 Å². The molecule has 26 heavy (non-hydrogen) atoms. The van der Waals surface area contributed by atoms with Gasteiger partial charge in [0.05, 0.1) is 20.4 Å². The Hall–Kier alpha value is -1.76. The summed E-state index contributed by atoms with van der Waals surface area (Å²) in [5.74, 6) is 1.65. The van der Waals surface area contributed by atoms with Crippen molar-refractivity contribution in [3.8, 4) is 5.88 Å². The third-order valence-electron chi connectivity index (χ3n) is 4.02. The van der Waals surface area contributed by atoms with Gasteiger partial charge in [0, 0.05) is 30.4 Å². The van der Waals surface area contributed by atoms with Gasteiger partial charge in [0.15, 0.2) is 5.17 Å². The van der Waals surface area contributed by atoms with E-state index in [1.165, 1.54) is 5.56 Å². The van der Waals surface area contributed by atoms with Crippen molar-refractivity contribution >= 4 is 28.5 Å². The predicted molar refractivity (Wildman–Crippen MR) is 109 cm³/mol. The number of rotatable bonds is 6. The molecule has 2 heterocycles. The number of hydrogen-bond acceptors (Lipinski definition) is 6. The molecule has 1 aromatic carbocycles. The fraction of sp³-hybridized carbons (Fsp3) is 0.368. The lowest BCUT2D eigenvalue weighted by Gasteiger charge is -2.35. The number of thioether (sulfide) groups is 1. The van der Waals surface area contributed by atoms with Crippen molar-refractivity contribution in [1.29, 1.82) is 0 Å². The van der Waals surface area contributed by atoms with Crippen LogP contribution in [0.5, 0.6) is 5.88 Å². The number of benzene rings is 1. The lowest BCUT2D eigenvalue weighted by atomic mass is 10.2. The van der Waals surface area contributed by atoms with Crippen molar-refractivity contribution in [2.24, 2.45) is 4.99 Å². The SMILES string of the molecule is CCSC1=NCN(Cc2ccc(OC)nc2)CN1Cc1ccc(Cl)cc1. The topological polar surface area (TPSA) is 41.0 Å². The van der Waals surface area contributed by atoms with E-state index in [-0.39, 0.29) is 0 Å². The Kier molecular flexibility index (Phi) is 6.77. The summed E-state index contributed by atoms with van der Waals surface area (Å²) in [5.41, 5.74) is 2.38. The maximum Gasteiger partial charge on any atom is 0.212 e. The van der Waals surface area contributed by atoms with Crippen molar-refractivity contribution < 1.29 is 4.74 Å². The number of hydrogen-bond donors (Lipinski definition) is 0. The van der Waals surface area contributed by atoms with Crippen LogP contribution in [0, 0.1) is 0 Å². The van der Waals surface area contributed by atoms with E-state index in [0.717, 1.165) is 41.3 Å². The molecule has 0 spiro atoms. The van der Waals surface area contributed by atoms with Crippen LogP contribution < -0.4 is 4.74 Å². The molecule has 0 N–H and O–H groups in total. The van der Waals surface area contributed by atoms with Gasteiger partial charge >= 0.3 is 0 Å². The van der Waals surface area contributed by atoms with E-state index in [2.05, 4.69) is 39.9 Å². The molecule has 7 heteroatoms. The van der Waals surface area contributed by atoms with Gasteiger partial charge in [-0.25, -0.2) is 9.98 Å². The number of pyridine rings is 1. The quantitative estimate of drug-likeness (QED) is 0.743. The standard InChI is InChI=1S/C19H23ClN4OS/c1-3-26-19-22-13-23(11-16-6-9-18(25-2)21-10-16)14-24(19)12-15-4-7-17(20)8-5-15/h4-10H,3,11-14H2,1-2H3. The average Bonchev–Trinajstić information content (AvgIpc) is 2.66. The minimum Gasteiger partial charge on any atom is -0.481 e. The summed E-state index contributed by atoms with van der Waals surface area (Å²) in [7, 11) is 1.63. The van der Waals surface area contributed by atoms with Crippen LogP contribution in [0.15, 0.2) is 47.6 Å². The molecule has 0 fully saturated rings. The molecule has 0 saturated carbocycles. The average molecular weight is 391 g/mol. The van der Waals surface area contributed by atoms with Gasteiger partial charge in [-0.3, -0.25) is 4.90 Å². The van der Waals surface area contributed by atoms with Crippen LogP contribution in [0.4, 0.5) is 0 Å². The molecule has 1 aromatic heterocycles. The van der Waals surface area contributed by atoms with E-state index in [4.69, 9.17) is 21.3 Å². The van der Waals surface area contributed by atoms with Crippen LogP contribution in [-0.4, -0.2) is 46.2 Å². The number of aromatic nitrogens is 1. The Morgan fingerprint density at radius 3 is 2.54 bits per heavy atom. The number of halogens is 1. The first-order valence-electron chi connectivity index (χ1n) is 8.56. The minimum atomic E-state index is 0.636. The van der Waals surface area contributed by atoms with Crippen molar-refractivity contribution in [2.75, 3.05) is 26.2 Å². The molecule has 0 atom stereocenters. The fourth-order valence-electron chi connectivity index (χ4n) is 2.78. The fourth-order valence-corrected chi connectivity index (χ4v) is 3.62. The molecule has 0 aliphatic carbocycles. The van der Waals surface area contributed by atoms with Gasteiger partial charge in [-0.05, 0) is 29.0 Å². The van der Waals surface area contributed by atoms with Crippen LogP contribution in [0.1, 0.15) is 18.1 Å². The highest BCUT2D eigenvalue weighted by molar-refractivity contribution is 8.13. The van der Waals surface area contributed by atoms with Gasteiger partial charge in [0.2, 0.25) is 5.88 Å². The van der Waals surface area contributed by atoms with Gasteiger partial charge in [-0.1, -0.05) is 48.5 Å². The summed E-state index contributed by atoms with van der Waals surface area (Å²) in [4.78, 5) is 13.7. The van der Waals surface area contributed by atoms with Crippen LogP contribution in [0.3, 0.4) is 0 Å². The van der Waals surface area contributed by atoms with E-state index in [1.807, 2.05) is 24.4 Å². The Labute approximate surface area is 164 Å². The number of ether oxygens (including phenoxy) is 1. The molecule has 0 amide bonds. The lowest BCUT2D eigenvalue weighted by Crippen LogP contribution is -2.44. The van der Waals surface area contributed by atoms with Gasteiger partial charge in [0.25, 0.3) is 0 Å². The third-order valence-corrected chi connectivity index (χ3v) is 5.21. The van der Waals surface area contributed by atoms with Gasteiger partial charge < -0.3 is 9.64 Å². The van der Waals surface area contributed by atoms with E-state index in [9.17, 15) is 0 Å². The zero-order chi connectivity index (χ0) is 18.4.